The number of ether oxygens (including phenoxy) is 1. The second-order valence-corrected chi connectivity index (χ2v) is 7.29. The highest BCUT2D eigenvalue weighted by Crippen LogP contribution is 2.47. The van der Waals surface area contributed by atoms with Gasteiger partial charge in [0.15, 0.2) is 0 Å². The number of likely N-dealkylation sites (tertiary alicyclic amines) is 1. The first-order chi connectivity index (χ1) is 13.4. The van der Waals surface area contributed by atoms with E-state index >= 15 is 0 Å². The third-order valence-electron chi connectivity index (χ3n) is 5.71. The van der Waals surface area contributed by atoms with Gasteiger partial charge in [-0.1, -0.05) is 12.1 Å². The molecule has 1 saturated heterocycles. The van der Waals surface area contributed by atoms with Crippen LogP contribution >= 0.6 is 0 Å². The monoisotopic (exact) mass is 383 g/mol. The number of nitrogens with zero attached hydrogens (tertiary/aromatic N) is 2. The Kier molecular flexibility index (Phi) is 4.45. The van der Waals surface area contributed by atoms with Gasteiger partial charge < -0.3 is 19.9 Å². The molecule has 1 unspecified atom stereocenters. The van der Waals surface area contributed by atoms with Crippen LogP contribution in [-0.2, 0) is 16.8 Å². The zero-order chi connectivity index (χ0) is 19.9. The summed E-state index contributed by atoms with van der Waals surface area (Å²) in [4.78, 5) is 29.0. The van der Waals surface area contributed by atoms with Crippen LogP contribution < -0.4 is 15.0 Å². The number of carbonyl (C=O) groups excluding carboxylic acids is 2. The van der Waals surface area contributed by atoms with E-state index in [1.165, 1.54) is 12.1 Å². The van der Waals surface area contributed by atoms with Crippen molar-refractivity contribution in [2.75, 3.05) is 32.1 Å². The van der Waals surface area contributed by atoms with Crippen LogP contribution in [0, 0.1) is 5.82 Å². The van der Waals surface area contributed by atoms with Gasteiger partial charge >= 0.3 is 6.03 Å². The number of benzene rings is 2. The van der Waals surface area contributed by atoms with Gasteiger partial charge in [0, 0.05) is 32.4 Å². The molecule has 0 bridgehead atoms. The van der Waals surface area contributed by atoms with E-state index in [1.807, 2.05) is 18.2 Å². The Morgan fingerprint density at radius 2 is 2.00 bits per heavy atom. The van der Waals surface area contributed by atoms with E-state index in [0.29, 0.717) is 31.8 Å². The number of fused-ring (bicyclic) bond motifs is 2. The molecule has 2 aromatic carbocycles. The first-order valence-corrected chi connectivity index (χ1v) is 9.18. The highest BCUT2D eigenvalue weighted by Gasteiger charge is 2.54. The van der Waals surface area contributed by atoms with Crippen molar-refractivity contribution in [3.63, 3.8) is 0 Å². The van der Waals surface area contributed by atoms with Crippen molar-refractivity contribution in [3.8, 4) is 5.75 Å². The summed E-state index contributed by atoms with van der Waals surface area (Å²) >= 11 is 0. The van der Waals surface area contributed by atoms with Crippen molar-refractivity contribution in [1.82, 2.24) is 10.2 Å². The number of urea groups is 1. The first-order valence-electron chi connectivity index (χ1n) is 9.18. The molecule has 7 heteroatoms. The standard InChI is InChI=1S/C21H22FN3O3/c1-24-18-8-7-16(28-2)11-17(18)21(19(24)26)9-10-25(13-21)20(27)23-12-14-3-5-15(22)6-4-14/h3-8,11H,9-10,12-13H2,1-2H3,(H,23,27). The summed E-state index contributed by atoms with van der Waals surface area (Å²) in [5.41, 5.74) is 1.86. The van der Waals surface area contributed by atoms with E-state index in [0.717, 1.165) is 16.8 Å². The van der Waals surface area contributed by atoms with Gasteiger partial charge in [-0.15, -0.1) is 0 Å². The molecule has 2 heterocycles. The molecule has 4 rings (SSSR count). The Bertz CT molecular complexity index is 931. The van der Waals surface area contributed by atoms with Crippen LogP contribution in [0.4, 0.5) is 14.9 Å². The van der Waals surface area contributed by atoms with Crippen LogP contribution in [0.3, 0.4) is 0 Å². The maximum Gasteiger partial charge on any atom is 0.317 e. The lowest BCUT2D eigenvalue weighted by atomic mass is 9.81. The van der Waals surface area contributed by atoms with Gasteiger partial charge in [-0.25, -0.2) is 9.18 Å². The number of halogens is 1. The molecule has 0 aromatic heterocycles. The van der Waals surface area contributed by atoms with Crippen molar-refractivity contribution in [1.29, 1.82) is 0 Å². The molecule has 2 aliphatic heterocycles. The number of amides is 3. The predicted molar refractivity (Wildman–Crippen MR) is 103 cm³/mol. The zero-order valence-corrected chi connectivity index (χ0v) is 15.9. The normalized spacial score (nSPS) is 20.6. The van der Waals surface area contributed by atoms with E-state index in [9.17, 15) is 14.0 Å². The van der Waals surface area contributed by atoms with Crippen LogP contribution in [0.25, 0.3) is 0 Å². The Labute approximate surface area is 162 Å². The minimum atomic E-state index is -0.730. The molecule has 3 amide bonds. The van der Waals surface area contributed by atoms with E-state index < -0.39 is 5.41 Å². The fourth-order valence-corrected chi connectivity index (χ4v) is 4.13. The van der Waals surface area contributed by atoms with Crippen molar-refractivity contribution in [2.45, 2.75) is 18.4 Å². The lowest BCUT2D eigenvalue weighted by Crippen LogP contribution is -2.44. The Morgan fingerprint density at radius 3 is 2.71 bits per heavy atom. The average molecular weight is 383 g/mol. The molecular formula is C21H22FN3O3. The number of anilines is 1. The number of rotatable bonds is 3. The zero-order valence-electron chi connectivity index (χ0n) is 15.9. The summed E-state index contributed by atoms with van der Waals surface area (Å²) in [6.07, 6.45) is 0.570. The lowest BCUT2D eigenvalue weighted by molar-refractivity contribution is -0.122. The topological polar surface area (TPSA) is 61.9 Å². The smallest absolute Gasteiger partial charge is 0.317 e. The van der Waals surface area contributed by atoms with Crippen molar-refractivity contribution in [2.24, 2.45) is 0 Å². The molecule has 2 aliphatic rings. The van der Waals surface area contributed by atoms with Gasteiger partial charge in [0.05, 0.1) is 12.5 Å². The molecule has 1 fully saturated rings. The molecule has 0 radical (unpaired) electrons. The minimum Gasteiger partial charge on any atom is -0.497 e. The van der Waals surface area contributed by atoms with Crippen molar-refractivity contribution in [3.05, 3.63) is 59.4 Å². The van der Waals surface area contributed by atoms with E-state index in [-0.39, 0.29) is 17.8 Å². The second kappa shape index (κ2) is 6.82. The van der Waals surface area contributed by atoms with Crippen molar-refractivity contribution >= 4 is 17.6 Å². The number of hydrogen-bond donors (Lipinski definition) is 1. The van der Waals surface area contributed by atoms with E-state index in [4.69, 9.17) is 4.74 Å². The minimum absolute atomic E-state index is 0.00425. The number of likely N-dealkylation sites (N-methyl/N-ethyl adjacent to an activating group) is 1. The SMILES string of the molecule is COc1ccc2c(c1)C1(CCN(C(=O)NCc3ccc(F)cc3)C1)C(=O)N2C. The quantitative estimate of drug-likeness (QED) is 0.887. The van der Waals surface area contributed by atoms with Gasteiger partial charge in [-0.05, 0) is 47.9 Å². The Hall–Kier alpha value is -3.09. The lowest BCUT2D eigenvalue weighted by Gasteiger charge is -2.24. The summed E-state index contributed by atoms with van der Waals surface area (Å²) in [6, 6.07) is 11.4. The summed E-state index contributed by atoms with van der Waals surface area (Å²) in [5, 5.41) is 2.85. The van der Waals surface area contributed by atoms with Gasteiger partial charge in [0.1, 0.15) is 11.6 Å². The molecule has 146 valence electrons. The summed E-state index contributed by atoms with van der Waals surface area (Å²) in [6.45, 7) is 1.12. The second-order valence-electron chi connectivity index (χ2n) is 7.29. The molecule has 1 atom stereocenters. The van der Waals surface area contributed by atoms with E-state index in [2.05, 4.69) is 5.32 Å². The van der Waals surface area contributed by atoms with Crippen LogP contribution in [0.2, 0.25) is 0 Å². The molecule has 1 spiro atoms. The summed E-state index contributed by atoms with van der Waals surface area (Å²) in [5.74, 6) is 0.388. The highest BCUT2D eigenvalue weighted by atomic mass is 19.1. The number of nitrogens with one attached hydrogen (secondary N) is 1. The number of methoxy groups -OCH3 is 1. The third-order valence-corrected chi connectivity index (χ3v) is 5.71. The van der Waals surface area contributed by atoms with Crippen LogP contribution in [-0.4, -0.2) is 44.1 Å². The molecular weight excluding hydrogens is 361 g/mol. The van der Waals surface area contributed by atoms with Gasteiger partial charge in [0.2, 0.25) is 5.91 Å². The van der Waals surface area contributed by atoms with Gasteiger partial charge in [0.25, 0.3) is 0 Å². The molecule has 28 heavy (non-hydrogen) atoms. The van der Waals surface area contributed by atoms with Gasteiger partial charge in [-0.3, -0.25) is 4.79 Å². The van der Waals surface area contributed by atoms with Crippen LogP contribution in [0.5, 0.6) is 5.75 Å². The number of carbonyl (C=O) groups is 2. The number of hydrogen-bond acceptors (Lipinski definition) is 3. The van der Waals surface area contributed by atoms with Gasteiger partial charge in [-0.2, -0.15) is 0 Å². The summed E-state index contributed by atoms with van der Waals surface area (Å²) < 4.78 is 18.3. The maximum absolute atomic E-state index is 13.1. The Morgan fingerprint density at radius 1 is 1.25 bits per heavy atom. The van der Waals surface area contributed by atoms with Crippen LogP contribution in [0.15, 0.2) is 42.5 Å². The molecule has 2 aromatic rings. The fourth-order valence-electron chi connectivity index (χ4n) is 4.13. The molecule has 1 N–H and O–H groups in total. The predicted octanol–water partition coefficient (Wildman–Crippen LogP) is 2.66. The highest BCUT2D eigenvalue weighted by molar-refractivity contribution is 6.08. The third kappa shape index (κ3) is 2.87. The molecule has 0 saturated carbocycles. The molecule has 6 nitrogen and oxygen atoms in total. The first kappa shape index (κ1) is 18.3. The van der Waals surface area contributed by atoms with Crippen LogP contribution in [0.1, 0.15) is 17.5 Å². The fraction of sp³-hybridized carbons (Fsp3) is 0.333. The Balaban J connectivity index is 1.51. The molecule has 0 aliphatic carbocycles. The average Bonchev–Trinajstić information content (AvgIpc) is 3.25. The largest absolute Gasteiger partial charge is 0.497 e. The summed E-state index contributed by atoms with van der Waals surface area (Å²) in [7, 11) is 3.36. The van der Waals surface area contributed by atoms with E-state index in [1.54, 1.807) is 36.1 Å². The maximum atomic E-state index is 13.1. The van der Waals surface area contributed by atoms with Crippen molar-refractivity contribution < 1.29 is 18.7 Å².